The van der Waals surface area contributed by atoms with Crippen LogP contribution in [0.15, 0.2) is 42.6 Å². The number of carbonyl (C=O) groups is 2. The van der Waals surface area contributed by atoms with E-state index in [-0.39, 0.29) is 6.04 Å². The number of aliphatic carboxylic acids is 2. The molecule has 4 N–H and O–H groups in total. The molecule has 0 amide bonds. The normalized spacial score (nSPS) is 12.7. The van der Waals surface area contributed by atoms with E-state index in [1.165, 1.54) is 22.4 Å². The zero-order chi connectivity index (χ0) is 19.3. The van der Waals surface area contributed by atoms with Gasteiger partial charge in [-0.3, -0.25) is 0 Å². The summed E-state index contributed by atoms with van der Waals surface area (Å²) in [7, 11) is 1.73. The fourth-order valence-electron chi connectivity index (χ4n) is 2.94. The lowest BCUT2D eigenvalue weighted by molar-refractivity contribution is -0.134. The highest BCUT2D eigenvalue weighted by Gasteiger charge is 2.24. The summed E-state index contributed by atoms with van der Waals surface area (Å²) in [5, 5.41) is 15.6. The molecule has 0 saturated heterocycles. The molecule has 0 bridgehead atoms. The van der Waals surface area contributed by atoms with E-state index in [2.05, 4.69) is 29.0 Å². The molecule has 1 atom stereocenters. The number of hydrogen-bond donors (Lipinski definition) is 3. The van der Waals surface area contributed by atoms with Crippen molar-refractivity contribution in [3.8, 4) is 17.0 Å². The number of fused-ring (bicyclic) bond motifs is 3. The zero-order valence-corrected chi connectivity index (χ0v) is 14.7. The van der Waals surface area contributed by atoms with Gasteiger partial charge in [0.15, 0.2) is 0 Å². The number of carboxylic acids is 2. The highest BCUT2D eigenvalue weighted by Crippen LogP contribution is 2.41. The van der Waals surface area contributed by atoms with E-state index in [4.69, 9.17) is 20.7 Å². The average Bonchev–Trinajstić information content (AvgIpc) is 3.13. The summed E-state index contributed by atoms with van der Waals surface area (Å²) >= 11 is 0. The van der Waals surface area contributed by atoms with Gasteiger partial charge in [0.1, 0.15) is 5.75 Å². The molecule has 1 aromatic heterocycles. The first kappa shape index (κ1) is 19.3. The average molecular weight is 358 g/mol. The van der Waals surface area contributed by atoms with Crippen LogP contribution in [0, 0.1) is 0 Å². The summed E-state index contributed by atoms with van der Waals surface area (Å²) in [6, 6.07) is 8.60. The fourth-order valence-corrected chi connectivity index (χ4v) is 2.94. The van der Waals surface area contributed by atoms with Gasteiger partial charge in [0.05, 0.1) is 12.8 Å². The molecule has 7 heteroatoms. The molecule has 2 aromatic rings. The third kappa shape index (κ3) is 4.52. The number of methoxy groups -OCH3 is 1. The highest BCUT2D eigenvalue weighted by atomic mass is 16.5. The molecule has 138 valence electrons. The van der Waals surface area contributed by atoms with Crippen molar-refractivity contribution < 1.29 is 24.5 Å². The van der Waals surface area contributed by atoms with Crippen molar-refractivity contribution in [2.24, 2.45) is 5.73 Å². The molecule has 1 aliphatic carbocycles. The van der Waals surface area contributed by atoms with Crippen molar-refractivity contribution in [2.75, 3.05) is 7.11 Å². The maximum Gasteiger partial charge on any atom is 0.328 e. The zero-order valence-electron chi connectivity index (χ0n) is 14.7. The van der Waals surface area contributed by atoms with Gasteiger partial charge in [0.25, 0.3) is 0 Å². The van der Waals surface area contributed by atoms with Gasteiger partial charge < -0.3 is 25.3 Å². The number of hydrogen-bond acceptors (Lipinski definition) is 4. The van der Waals surface area contributed by atoms with Crippen LogP contribution < -0.4 is 10.5 Å². The number of benzene rings is 1. The van der Waals surface area contributed by atoms with Gasteiger partial charge in [0.2, 0.25) is 0 Å². The second-order valence-corrected chi connectivity index (χ2v) is 5.99. The van der Waals surface area contributed by atoms with Crippen LogP contribution in [0.4, 0.5) is 0 Å². The van der Waals surface area contributed by atoms with Crippen LogP contribution in [-0.4, -0.2) is 39.9 Å². The maximum absolute atomic E-state index is 9.55. The molecular weight excluding hydrogens is 336 g/mol. The Hall–Kier alpha value is -3.06. The molecule has 3 rings (SSSR count). The molecule has 0 fully saturated rings. The highest BCUT2D eigenvalue weighted by molar-refractivity contribution is 5.89. The van der Waals surface area contributed by atoms with Gasteiger partial charge in [0, 0.05) is 48.5 Å². The monoisotopic (exact) mass is 358 g/mol. The second kappa shape index (κ2) is 8.35. The Labute approximate surface area is 151 Å². The third-order valence-corrected chi connectivity index (χ3v) is 3.88. The van der Waals surface area contributed by atoms with Gasteiger partial charge in [-0.1, -0.05) is 12.1 Å². The molecule has 0 saturated carbocycles. The van der Waals surface area contributed by atoms with Gasteiger partial charge in [-0.2, -0.15) is 0 Å². The van der Waals surface area contributed by atoms with E-state index < -0.39 is 11.9 Å². The lowest BCUT2D eigenvalue weighted by Crippen LogP contribution is -2.22. The first-order valence-corrected chi connectivity index (χ1v) is 8.07. The second-order valence-electron chi connectivity index (χ2n) is 5.99. The van der Waals surface area contributed by atoms with E-state index in [1.807, 2.05) is 13.0 Å². The molecule has 0 aliphatic heterocycles. The lowest BCUT2D eigenvalue weighted by atomic mass is 10.1. The Morgan fingerprint density at radius 3 is 2.46 bits per heavy atom. The molecule has 0 spiro atoms. The molecular formula is C19H22N2O5. The minimum absolute atomic E-state index is 0.163. The Kier molecular flexibility index (Phi) is 6.19. The van der Waals surface area contributed by atoms with E-state index in [0.717, 1.165) is 18.7 Å². The van der Waals surface area contributed by atoms with Crippen molar-refractivity contribution in [3.05, 3.63) is 53.7 Å². The van der Waals surface area contributed by atoms with Crippen molar-refractivity contribution in [1.29, 1.82) is 0 Å². The molecule has 1 unspecified atom stereocenters. The van der Waals surface area contributed by atoms with E-state index in [1.54, 1.807) is 7.11 Å². The van der Waals surface area contributed by atoms with E-state index >= 15 is 0 Å². The smallest absolute Gasteiger partial charge is 0.328 e. The van der Waals surface area contributed by atoms with Crippen LogP contribution in [0.25, 0.3) is 11.3 Å². The predicted octanol–water partition coefficient (Wildman–Crippen LogP) is 2.13. The van der Waals surface area contributed by atoms with Gasteiger partial charge in [-0.15, -0.1) is 0 Å². The SMILES string of the molecule is COc1cccc2c1Cc1ccn(CC(C)N)c1-2.O=C(O)/C=C/C(=O)O. The molecule has 1 heterocycles. The number of carboxylic acid groups (broad SMARTS) is 2. The molecule has 1 aromatic carbocycles. The number of aromatic nitrogens is 1. The van der Waals surface area contributed by atoms with Crippen LogP contribution in [0.5, 0.6) is 5.75 Å². The van der Waals surface area contributed by atoms with Gasteiger partial charge >= 0.3 is 11.9 Å². The van der Waals surface area contributed by atoms with Crippen molar-refractivity contribution in [1.82, 2.24) is 4.57 Å². The third-order valence-electron chi connectivity index (χ3n) is 3.88. The molecule has 1 aliphatic rings. The maximum atomic E-state index is 9.55. The summed E-state index contributed by atoms with van der Waals surface area (Å²) in [5.74, 6) is -1.53. The summed E-state index contributed by atoms with van der Waals surface area (Å²) in [5.41, 5.74) is 11.2. The van der Waals surface area contributed by atoms with Crippen LogP contribution in [0.2, 0.25) is 0 Å². The Bertz CT molecular complexity index is 820. The van der Waals surface area contributed by atoms with Crippen molar-refractivity contribution >= 4 is 11.9 Å². The Morgan fingerprint density at radius 1 is 1.27 bits per heavy atom. The quantitative estimate of drug-likeness (QED) is 0.602. The summed E-state index contributed by atoms with van der Waals surface area (Å²) in [4.78, 5) is 19.1. The number of nitrogens with two attached hydrogens (primary N) is 1. The fraction of sp³-hybridized carbons (Fsp3) is 0.263. The standard InChI is InChI=1S/C15H18N2O.C4H4O4/c1-10(16)9-17-7-6-11-8-13-12(15(11)17)4-3-5-14(13)18-2;5-3(6)1-2-4(7)8/h3-7,10H,8-9,16H2,1-2H3;1-2H,(H,5,6)(H,7,8)/b;2-1+. The largest absolute Gasteiger partial charge is 0.496 e. The molecule has 26 heavy (non-hydrogen) atoms. The van der Waals surface area contributed by atoms with Crippen molar-refractivity contribution in [2.45, 2.75) is 25.9 Å². The van der Waals surface area contributed by atoms with Gasteiger partial charge in [-0.05, 0) is 24.6 Å². The van der Waals surface area contributed by atoms with E-state index in [0.29, 0.717) is 12.2 Å². The predicted molar refractivity (Wildman–Crippen MR) is 97.3 cm³/mol. The Balaban J connectivity index is 0.000000260. The van der Waals surface area contributed by atoms with Crippen LogP contribution in [0.1, 0.15) is 18.1 Å². The minimum Gasteiger partial charge on any atom is -0.496 e. The van der Waals surface area contributed by atoms with Crippen LogP contribution in [-0.2, 0) is 22.6 Å². The van der Waals surface area contributed by atoms with Crippen LogP contribution >= 0.6 is 0 Å². The van der Waals surface area contributed by atoms with Crippen LogP contribution in [0.3, 0.4) is 0 Å². The van der Waals surface area contributed by atoms with Gasteiger partial charge in [-0.25, -0.2) is 9.59 Å². The lowest BCUT2D eigenvalue weighted by Gasteiger charge is -2.12. The number of ether oxygens (including phenoxy) is 1. The molecule has 7 nitrogen and oxygen atoms in total. The summed E-state index contributed by atoms with van der Waals surface area (Å²) < 4.78 is 7.70. The Morgan fingerprint density at radius 2 is 1.92 bits per heavy atom. The summed E-state index contributed by atoms with van der Waals surface area (Å²) in [6.45, 7) is 2.89. The van der Waals surface area contributed by atoms with E-state index in [9.17, 15) is 9.59 Å². The topological polar surface area (TPSA) is 115 Å². The van der Waals surface area contributed by atoms with Crippen molar-refractivity contribution in [3.63, 3.8) is 0 Å². The number of nitrogens with zero attached hydrogens (tertiary/aromatic N) is 1. The first-order valence-electron chi connectivity index (χ1n) is 8.07. The first-order chi connectivity index (χ1) is 12.3. The molecule has 0 radical (unpaired) electrons. The number of rotatable bonds is 5. The minimum atomic E-state index is -1.26. The summed E-state index contributed by atoms with van der Waals surface area (Å²) in [6.07, 6.45) is 4.21.